The Hall–Kier alpha value is -1.04. The number of nitrogens with one attached hydrogen (secondary N) is 1. The number of carbonyl (C=O) groups excluding carboxylic acids is 1. The number of anilines is 1. The Bertz CT molecular complexity index is 544. The molecule has 1 aromatic carbocycles. The number of hydrogen-bond donors (Lipinski definition) is 1. The van der Waals surface area contributed by atoms with Crippen LogP contribution in [0.4, 0.5) is 10.1 Å². The highest BCUT2D eigenvalue weighted by molar-refractivity contribution is 5.87. The van der Waals surface area contributed by atoms with E-state index in [1.807, 2.05) is 15.9 Å². The van der Waals surface area contributed by atoms with Crippen LogP contribution in [0.2, 0.25) is 0 Å². The summed E-state index contributed by atoms with van der Waals surface area (Å²) in [6, 6.07) is 6.85. The van der Waals surface area contributed by atoms with Gasteiger partial charge in [0.25, 0.3) is 0 Å². The fourth-order valence-electron chi connectivity index (χ4n) is 3.60. The van der Waals surface area contributed by atoms with Crippen molar-refractivity contribution in [2.45, 2.75) is 31.7 Å². The highest BCUT2D eigenvalue weighted by Crippen LogP contribution is 2.27. The highest BCUT2D eigenvalue weighted by atomic mass is 35.5. The highest BCUT2D eigenvalue weighted by Gasteiger charge is 2.42. The van der Waals surface area contributed by atoms with Gasteiger partial charge in [-0.3, -0.25) is 4.79 Å². The van der Waals surface area contributed by atoms with Crippen LogP contribution < -0.4 is 10.2 Å². The molecule has 7 heteroatoms. The van der Waals surface area contributed by atoms with Crippen LogP contribution >= 0.6 is 24.8 Å². The van der Waals surface area contributed by atoms with E-state index >= 15 is 0 Å². The van der Waals surface area contributed by atoms with Crippen LogP contribution in [0, 0.1) is 5.82 Å². The molecule has 1 unspecified atom stereocenters. The van der Waals surface area contributed by atoms with Gasteiger partial charge >= 0.3 is 0 Å². The summed E-state index contributed by atoms with van der Waals surface area (Å²) >= 11 is 0. The van der Waals surface area contributed by atoms with Gasteiger partial charge in [0.05, 0.1) is 11.2 Å². The standard InChI is InChI=1S/C17H24FN3O.2ClH/c1-2-17(8-5-9-19-17)16(22)21-12-10-20(11-13-21)15-7-4-3-6-14(15)18;;/h3-4,6-7,19H,2,5,8-13H2,1H3;2*1H. The third-order valence-corrected chi connectivity index (χ3v) is 5.02. The minimum absolute atomic E-state index is 0. The predicted octanol–water partition coefficient (Wildman–Crippen LogP) is 2.85. The van der Waals surface area contributed by atoms with E-state index < -0.39 is 0 Å². The molecule has 0 bridgehead atoms. The van der Waals surface area contributed by atoms with Crippen molar-refractivity contribution in [2.24, 2.45) is 0 Å². The SMILES string of the molecule is CCC1(C(=O)N2CCN(c3ccccc3F)CC2)CCCN1.Cl.Cl. The van der Waals surface area contributed by atoms with Crippen molar-refractivity contribution in [1.29, 1.82) is 0 Å². The van der Waals surface area contributed by atoms with Crippen molar-refractivity contribution in [3.63, 3.8) is 0 Å². The van der Waals surface area contributed by atoms with Crippen LogP contribution in [0.1, 0.15) is 26.2 Å². The van der Waals surface area contributed by atoms with E-state index in [4.69, 9.17) is 0 Å². The first-order chi connectivity index (χ1) is 10.7. The molecule has 1 amide bonds. The molecule has 1 N–H and O–H groups in total. The maximum absolute atomic E-state index is 13.9. The molecule has 1 aromatic rings. The molecule has 0 spiro atoms. The van der Waals surface area contributed by atoms with Gasteiger partial charge in [-0.15, -0.1) is 24.8 Å². The molecule has 2 aliphatic rings. The molecule has 0 radical (unpaired) electrons. The Morgan fingerprint density at radius 2 is 1.88 bits per heavy atom. The largest absolute Gasteiger partial charge is 0.366 e. The van der Waals surface area contributed by atoms with Gasteiger partial charge in [0.1, 0.15) is 5.82 Å². The number of nitrogens with zero attached hydrogens (tertiary/aromatic N) is 2. The van der Waals surface area contributed by atoms with Crippen molar-refractivity contribution in [3.8, 4) is 0 Å². The minimum Gasteiger partial charge on any atom is -0.366 e. The van der Waals surface area contributed by atoms with Crippen LogP contribution in [0.5, 0.6) is 0 Å². The molecule has 3 rings (SSSR count). The van der Waals surface area contributed by atoms with Gasteiger partial charge in [-0.1, -0.05) is 19.1 Å². The number of benzene rings is 1. The van der Waals surface area contributed by atoms with Crippen LogP contribution in [0.25, 0.3) is 0 Å². The molecule has 4 nitrogen and oxygen atoms in total. The zero-order valence-corrected chi connectivity index (χ0v) is 15.6. The normalized spacial score (nSPS) is 23.4. The van der Waals surface area contributed by atoms with E-state index in [2.05, 4.69) is 12.2 Å². The Morgan fingerprint density at radius 1 is 1.21 bits per heavy atom. The Morgan fingerprint density at radius 3 is 2.42 bits per heavy atom. The smallest absolute Gasteiger partial charge is 0.242 e. The number of amides is 1. The monoisotopic (exact) mass is 377 g/mol. The van der Waals surface area contributed by atoms with Crippen molar-refractivity contribution in [2.75, 3.05) is 37.6 Å². The average Bonchev–Trinajstić information content (AvgIpc) is 3.05. The lowest BCUT2D eigenvalue weighted by atomic mass is 9.92. The number of carbonyl (C=O) groups is 1. The third-order valence-electron chi connectivity index (χ3n) is 5.02. The Kier molecular flexibility index (Phi) is 7.77. The fourth-order valence-corrected chi connectivity index (χ4v) is 3.60. The summed E-state index contributed by atoms with van der Waals surface area (Å²) in [6.45, 7) is 5.70. The van der Waals surface area contributed by atoms with E-state index in [1.54, 1.807) is 12.1 Å². The molecule has 2 fully saturated rings. The average molecular weight is 378 g/mol. The van der Waals surface area contributed by atoms with Gasteiger partial charge in [0.2, 0.25) is 5.91 Å². The first-order valence-corrected chi connectivity index (χ1v) is 8.20. The minimum atomic E-state index is -0.361. The fraction of sp³-hybridized carbons (Fsp3) is 0.588. The maximum atomic E-state index is 13.9. The van der Waals surface area contributed by atoms with Crippen molar-refractivity contribution < 1.29 is 9.18 Å². The number of halogens is 3. The zero-order valence-electron chi connectivity index (χ0n) is 14.0. The van der Waals surface area contributed by atoms with Crippen molar-refractivity contribution in [3.05, 3.63) is 30.1 Å². The lowest BCUT2D eigenvalue weighted by Crippen LogP contribution is -2.59. The number of para-hydroxylation sites is 1. The number of rotatable bonds is 3. The summed E-state index contributed by atoms with van der Waals surface area (Å²) in [4.78, 5) is 16.8. The van der Waals surface area contributed by atoms with Crippen LogP contribution in [-0.2, 0) is 4.79 Å². The maximum Gasteiger partial charge on any atom is 0.242 e. The van der Waals surface area contributed by atoms with E-state index in [0.29, 0.717) is 31.9 Å². The van der Waals surface area contributed by atoms with Gasteiger partial charge in [-0.2, -0.15) is 0 Å². The molecule has 2 aliphatic heterocycles. The predicted molar refractivity (Wildman–Crippen MR) is 99.9 cm³/mol. The summed E-state index contributed by atoms with van der Waals surface area (Å²) in [5.74, 6) is 0.0328. The molecule has 0 saturated carbocycles. The molecule has 136 valence electrons. The van der Waals surface area contributed by atoms with Crippen LogP contribution in [0.15, 0.2) is 24.3 Å². The molecule has 0 aromatic heterocycles. The quantitative estimate of drug-likeness (QED) is 0.879. The first-order valence-electron chi connectivity index (χ1n) is 8.20. The van der Waals surface area contributed by atoms with E-state index in [0.717, 1.165) is 25.8 Å². The van der Waals surface area contributed by atoms with E-state index in [9.17, 15) is 9.18 Å². The first kappa shape index (κ1) is 21.0. The molecule has 0 aliphatic carbocycles. The lowest BCUT2D eigenvalue weighted by Gasteiger charge is -2.40. The molecule has 2 heterocycles. The van der Waals surface area contributed by atoms with Gasteiger partial charge in [0.15, 0.2) is 0 Å². The second-order valence-electron chi connectivity index (χ2n) is 6.20. The second-order valence-corrected chi connectivity index (χ2v) is 6.20. The summed E-state index contributed by atoms with van der Waals surface area (Å²) in [5, 5.41) is 3.40. The molecule has 24 heavy (non-hydrogen) atoms. The van der Waals surface area contributed by atoms with Gasteiger partial charge in [-0.25, -0.2) is 4.39 Å². The summed E-state index contributed by atoms with van der Waals surface area (Å²) < 4.78 is 13.9. The van der Waals surface area contributed by atoms with E-state index in [-0.39, 0.29) is 42.1 Å². The number of hydrogen-bond acceptors (Lipinski definition) is 3. The Labute approximate surface area is 155 Å². The summed E-state index contributed by atoms with van der Waals surface area (Å²) in [5.41, 5.74) is 0.277. The third kappa shape index (κ3) is 3.95. The lowest BCUT2D eigenvalue weighted by molar-refractivity contribution is -0.138. The van der Waals surface area contributed by atoms with Crippen molar-refractivity contribution in [1.82, 2.24) is 10.2 Å². The van der Waals surface area contributed by atoms with Crippen molar-refractivity contribution >= 4 is 36.4 Å². The summed E-state index contributed by atoms with van der Waals surface area (Å²) in [7, 11) is 0. The molecular formula is C17H26Cl2FN3O. The molecule has 1 atom stereocenters. The van der Waals surface area contributed by atoms with Gasteiger partial charge in [-0.05, 0) is 37.9 Å². The molecule has 2 saturated heterocycles. The van der Waals surface area contributed by atoms with Gasteiger partial charge < -0.3 is 15.1 Å². The zero-order chi connectivity index (χ0) is 15.6. The Balaban J connectivity index is 0.00000144. The van der Waals surface area contributed by atoms with Crippen LogP contribution in [-0.4, -0.2) is 49.1 Å². The van der Waals surface area contributed by atoms with Gasteiger partial charge in [0, 0.05) is 26.2 Å². The van der Waals surface area contributed by atoms with E-state index in [1.165, 1.54) is 6.07 Å². The summed E-state index contributed by atoms with van der Waals surface area (Å²) in [6.07, 6.45) is 2.82. The number of piperazine rings is 1. The second kappa shape index (κ2) is 8.88. The topological polar surface area (TPSA) is 35.6 Å². The van der Waals surface area contributed by atoms with Crippen LogP contribution in [0.3, 0.4) is 0 Å². The molecular weight excluding hydrogens is 352 g/mol.